The van der Waals surface area contributed by atoms with E-state index < -0.39 is 0 Å². The summed E-state index contributed by atoms with van der Waals surface area (Å²) in [5.41, 5.74) is 5.49. The number of fused-ring (bicyclic) bond motifs is 7. The molecule has 0 saturated carbocycles. The molecule has 176 valence electrons. The fourth-order valence-electron chi connectivity index (χ4n) is 4.07. The van der Waals surface area contributed by atoms with Gasteiger partial charge in [-0.3, -0.25) is 0 Å². The van der Waals surface area contributed by atoms with Crippen LogP contribution in [-0.4, -0.2) is 54.6 Å². The van der Waals surface area contributed by atoms with Crippen molar-refractivity contribution in [3.63, 3.8) is 0 Å². The molecule has 0 spiro atoms. The summed E-state index contributed by atoms with van der Waals surface area (Å²) < 4.78 is 17.2. The summed E-state index contributed by atoms with van der Waals surface area (Å²) in [6.07, 6.45) is 5.61. The molecule has 6 bridgehead atoms. The quantitative estimate of drug-likeness (QED) is 0.526. The van der Waals surface area contributed by atoms with Crippen molar-refractivity contribution in [1.82, 2.24) is 9.97 Å². The van der Waals surface area contributed by atoms with Crippen LogP contribution < -0.4 is 10.2 Å². The van der Waals surface area contributed by atoms with Crippen LogP contribution in [0, 0.1) is 0 Å². The lowest BCUT2D eigenvalue weighted by Crippen LogP contribution is -2.36. The highest BCUT2D eigenvalue weighted by atomic mass is 16.5. The first-order valence-electron chi connectivity index (χ1n) is 11.4. The van der Waals surface area contributed by atoms with E-state index in [-0.39, 0.29) is 5.75 Å². The average Bonchev–Trinajstić information content (AvgIpc) is 2.87. The van der Waals surface area contributed by atoms with E-state index in [4.69, 9.17) is 19.2 Å². The zero-order valence-electron chi connectivity index (χ0n) is 18.9. The van der Waals surface area contributed by atoms with Gasteiger partial charge in [0.05, 0.1) is 45.3 Å². The standard InChI is InChI=1S/C26H28N4O4/c31-25-6-3-19-15-21(25)18-34-12-2-1-11-33-17-20-16-22(28-26-27-8-7-23(19)29-26)4-5-24(20)30-9-13-32-14-10-30/h1-8,15-16,31H,9-14,17-18H2,(H,27,28,29)/b2-1+. The molecule has 2 aliphatic rings. The van der Waals surface area contributed by atoms with Crippen molar-refractivity contribution in [3.05, 3.63) is 71.9 Å². The second-order valence-corrected chi connectivity index (χ2v) is 8.18. The molecule has 0 aliphatic carbocycles. The topological polar surface area (TPSA) is 89.0 Å². The number of phenolic OH excluding ortho intramolecular Hbond substituents is 1. The van der Waals surface area contributed by atoms with E-state index in [2.05, 4.69) is 27.3 Å². The molecule has 8 heteroatoms. The number of nitrogens with one attached hydrogen (secondary N) is 1. The Bertz CT molecular complexity index is 1160. The first-order chi connectivity index (χ1) is 16.8. The van der Waals surface area contributed by atoms with Gasteiger partial charge in [0.25, 0.3) is 0 Å². The van der Waals surface area contributed by atoms with E-state index in [1.54, 1.807) is 12.3 Å². The van der Waals surface area contributed by atoms with Crippen LogP contribution in [0.25, 0.3) is 11.3 Å². The molecule has 5 rings (SSSR count). The van der Waals surface area contributed by atoms with E-state index in [1.807, 2.05) is 36.4 Å². The van der Waals surface area contributed by atoms with Crippen molar-refractivity contribution in [2.45, 2.75) is 13.2 Å². The van der Waals surface area contributed by atoms with Gasteiger partial charge in [0, 0.05) is 47.4 Å². The number of rotatable bonds is 1. The Labute approximate surface area is 198 Å². The van der Waals surface area contributed by atoms with E-state index in [0.717, 1.165) is 54.5 Å². The zero-order chi connectivity index (χ0) is 23.2. The Balaban J connectivity index is 1.48. The first kappa shape index (κ1) is 22.3. The number of benzene rings is 2. The van der Waals surface area contributed by atoms with Crippen LogP contribution in [0.3, 0.4) is 0 Å². The van der Waals surface area contributed by atoms with E-state index in [1.165, 1.54) is 0 Å². The lowest BCUT2D eigenvalue weighted by molar-refractivity contribution is 0.121. The molecule has 34 heavy (non-hydrogen) atoms. The molecular formula is C26H28N4O4. The van der Waals surface area contributed by atoms with Crippen molar-refractivity contribution < 1.29 is 19.3 Å². The van der Waals surface area contributed by atoms with Gasteiger partial charge in [-0.25, -0.2) is 9.97 Å². The van der Waals surface area contributed by atoms with Crippen LogP contribution in [0.2, 0.25) is 0 Å². The molecule has 3 heterocycles. The van der Waals surface area contributed by atoms with Gasteiger partial charge in [-0.2, -0.15) is 0 Å². The van der Waals surface area contributed by atoms with Gasteiger partial charge in [0.15, 0.2) is 0 Å². The van der Waals surface area contributed by atoms with Crippen LogP contribution >= 0.6 is 0 Å². The van der Waals surface area contributed by atoms with E-state index in [9.17, 15) is 5.11 Å². The van der Waals surface area contributed by atoms with Crippen molar-refractivity contribution in [2.75, 3.05) is 49.7 Å². The SMILES string of the molecule is Oc1ccc2cc1COC/C=C/COCc1cc(ccc1N1CCOCC1)Nc1nccc-2n1. The Hall–Kier alpha value is -3.46. The molecule has 0 atom stereocenters. The Kier molecular flexibility index (Phi) is 6.99. The number of hydrogen-bond donors (Lipinski definition) is 2. The second kappa shape index (κ2) is 10.6. The zero-order valence-corrected chi connectivity index (χ0v) is 18.9. The summed E-state index contributed by atoms with van der Waals surface area (Å²) in [6, 6.07) is 13.5. The molecule has 2 N–H and O–H groups in total. The van der Waals surface area contributed by atoms with Crippen LogP contribution in [-0.2, 0) is 27.4 Å². The number of nitrogens with zero attached hydrogens (tertiary/aromatic N) is 3. The van der Waals surface area contributed by atoms with Crippen molar-refractivity contribution >= 4 is 17.3 Å². The normalized spacial score (nSPS) is 17.8. The van der Waals surface area contributed by atoms with E-state index >= 15 is 0 Å². The minimum Gasteiger partial charge on any atom is -0.508 e. The van der Waals surface area contributed by atoms with Crippen LogP contribution in [0.1, 0.15) is 11.1 Å². The Morgan fingerprint density at radius 1 is 0.853 bits per heavy atom. The molecule has 1 fully saturated rings. The van der Waals surface area contributed by atoms with Crippen LogP contribution in [0.5, 0.6) is 5.75 Å². The monoisotopic (exact) mass is 460 g/mol. The predicted molar refractivity (Wildman–Crippen MR) is 130 cm³/mol. The smallest absolute Gasteiger partial charge is 0.227 e. The molecule has 1 saturated heterocycles. The summed E-state index contributed by atoms with van der Waals surface area (Å²) in [4.78, 5) is 11.4. The lowest BCUT2D eigenvalue weighted by Gasteiger charge is -2.31. The summed E-state index contributed by atoms with van der Waals surface area (Å²) in [5, 5.41) is 13.5. The van der Waals surface area contributed by atoms with Gasteiger partial charge >= 0.3 is 0 Å². The summed E-state index contributed by atoms with van der Waals surface area (Å²) in [7, 11) is 0. The molecule has 0 amide bonds. The number of morpholine rings is 1. The maximum atomic E-state index is 10.2. The van der Waals surface area contributed by atoms with Crippen LogP contribution in [0.15, 0.2) is 60.8 Å². The summed E-state index contributed by atoms with van der Waals surface area (Å²) in [5.74, 6) is 0.698. The van der Waals surface area contributed by atoms with Crippen LogP contribution in [0.4, 0.5) is 17.3 Å². The number of aromatic hydroxyl groups is 1. The number of anilines is 3. The molecule has 0 radical (unpaired) electrons. The molecule has 3 aromatic rings. The minimum atomic E-state index is 0.200. The number of phenols is 1. The minimum absolute atomic E-state index is 0.200. The van der Waals surface area contributed by atoms with Gasteiger partial charge in [-0.1, -0.05) is 12.2 Å². The third-order valence-corrected chi connectivity index (χ3v) is 5.83. The second-order valence-electron chi connectivity index (χ2n) is 8.18. The van der Waals surface area contributed by atoms with Crippen molar-refractivity contribution in [3.8, 4) is 17.0 Å². The van der Waals surface area contributed by atoms with Gasteiger partial charge in [0.2, 0.25) is 5.95 Å². The summed E-state index contributed by atoms with van der Waals surface area (Å²) in [6.45, 7) is 4.86. The number of aromatic nitrogens is 2. The number of ether oxygens (including phenoxy) is 3. The highest BCUT2D eigenvalue weighted by molar-refractivity contribution is 5.66. The average molecular weight is 461 g/mol. The third-order valence-electron chi connectivity index (χ3n) is 5.83. The molecule has 8 nitrogen and oxygen atoms in total. The highest BCUT2D eigenvalue weighted by Gasteiger charge is 2.16. The largest absolute Gasteiger partial charge is 0.508 e. The van der Waals surface area contributed by atoms with Gasteiger partial charge in [0.1, 0.15) is 5.75 Å². The molecule has 1 aromatic heterocycles. The highest BCUT2D eigenvalue weighted by Crippen LogP contribution is 2.29. The molecule has 2 aliphatic heterocycles. The maximum absolute atomic E-state index is 10.2. The van der Waals surface area contributed by atoms with E-state index in [0.29, 0.717) is 37.9 Å². The van der Waals surface area contributed by atoms with Crippen molar-refractivity contribution in [2.24, 2.45) is 0 Å². The van der Waals surface area contributed by atoms with Gasteiger partial charge < -0.3 is 29.5 Å². The van der Waals surface area contributed by atoms with Crippen molar-refractivity contribution in [1.29, 1.82) is 0 Å². The molecule has 2 aromatic carbocycles. The number of hydrogen-bond acceptors (Lipinski definition) is 8. The predicted octanol–water partition coefficient (Wildman–Crippen LogP) is 4.03. The molecular weight excluding hydrogens is 432 g/mol. The summed E-state index contributed by atoms with van der Waals surface area (Å²) >= 11 is 0. The van der Waals surface area contributed by atoms with Gasteiger partial charge in [-0.15, -0.1) is 0 Å². The van der Waals surface area contributed by atoms with Gasteiger partial charge in [-0.05, 0) is 42.5 Å². The molecule has 0 unspecified atom stereocenters. The Morgan fingerprint density at radius 3 is 2.47 bits per heavy atom. The first-order valence-corrected chi connectivity index (χ1v) is 11.4. The fourth-order valence-corrected chi connectivity index (χ4v) is 4.07. The Morgan fingerprint density at radius 2 is 1.65 bits per heavy atom. The maximum Gasteiger partial charge on any atom is 0.227 e. The fraction of sp³-hybridized carbons (Fsp3) is 0.308. The third kappa shape index (κ3) is 5.36. The lowest BCUT2D eigenvalue weighted by atomic mass is 10.1.